The van der Waals surface area contributed by atoms with Gasteiger partial charge in [0.05, 0.1) is 17.4 Å². The minimum atomic E-state index is -0.0991. The molecule has 0 saturated carbocycles. The first-order chi connectivity index (χ1) is 6.98. The van der Waals surface area contributed by atoms with E-state index in [1.165, 1.54) is 0 Å². The van der Waals surface area contributed by atoms with Gasteiger partial charge in [0.1, 0.15) is 0 Å². The quantitative estimate of drug-likeness (QED) is 0.705. The zero-order valence-corrected chi connectivity index (χ0v) is 9.32. The Morgan fingerprint density at radius 1 is 1.20 bits per heavy atom. The van der Waals surface area contributed by atoms with Gasteiger partial charge in [-0.3, -0.25) is 0 Å². The van der Waals surface area contributed by atoms with Crippen molar-refractivity contribution in [1.82, 2.24) is 5.06 Å². The van der Waals surface area contributed by atoms with Crippen molar-refractivity contribution in [2.75, 3.05) is 0 Å². The van der Waals surface area contributed by atoms with Crippen LogP contribution in [0.3, 0.4) is 0 Å². The Kier molecular flexibility index (Phi) is 2.11. The van der Waals surface area contributed by atoms with Crippen molar-refractivity contribution in [2.24, 2.45) is 5.73 Å². The lowest BCUT2D eigenvalue weighted by atomic mass is 10.1. The van der Waals surface area contributed by atoms with Crippen LogP contribution in [0.15, 0.2) is 30.5 Å². The summed E-state index contributed by atoms with van der Waals surface area (Å²) in [7, 11) is 0. The summed E-state index contributed by atoms with van der Waals surface area (Å²) in [6.07, 6.45) is 1.84. The molecule has 1 heterocycles. The van der Waals surface area contributed by atoms with E-state index < -0.39 is 0 Å². The van der Waals surface area contributed by atoms with Gasteiger partial charge in [-0.15, -0.1) is 0 Å². The van der Waals surface area contributed by atoms with E-state index in [0.717, 1.165) is 17.0 Å². The van der Waals surface area contributed by atoms with Crippen molar-refractivity contribution in [3.05, 3.63) is 36.0 Å². The molecular formula is C12H16N2O. The summed E-state index contributed by atoms with van der Waals surface area (Å²) in [4.78, 5) is 5.74. The van der Waals surface area contributed by atoms with Crippen LogP contribution >= 0.6 is 0 Å². The van der Waals surface area contributed by atoms with Crippen molar-refractivity contribution in [1.29, 1.82) is 0 Å². The predicted octanol–water partition coefficient (Wildman–Crippen LogP) is 2.35. The van der Waals surface area contributed by atoms with Gasteiger partial charge in [0.2, 0.25) is 0 Å². The van der Waals surface area contributed by atoms with Crippen molar-refractivity contribution in [2.45, 2.75) is 26.3 Å². The summed E-state index contributed by atoms with van der Waals surface area (Å²) in [6.45, 7) is 6.22. The van der Waals surface area contributed by atoms with Gasteiger partial charge in [-0.05, 0) is 32.9 Å². The van der Waals surface area contributed by atoms with Crippen LogP contribution in [0.5, 0.6) is 5.75 Å². The molecule has 0 aromatic heterocycles. The van der Waals surface area contributed by atoms with Crippen LogP contribution in [0.1, 0.15) is 26.3 Å². The topological polar surface area (TPSA) is 38.5 Å². The summed E-state index contributed by atoms with van der Waals surface area (Å²) in [5.74, 6) is 0.812. The molecule has 0 saturated heterocycles. The second-order valence-corrected chi connectivity index (χ2v) is 4.67. The van der Waals surface area contributed by atoms with Crippen LogP contribution in [0.2, 0.25) is 0 Å². The summed E-state index contributed by atoms with van der Waals surface area (Å²) < 4.78 is 0. The second-order valence-electron chi connectivity index (χ2n) is 4.67. The molecule has 15 heavy (non-hydrogen) atoms. The zero-order valence-electron chi connectivity index (χ0n) is 9.32. The lowest BCUT2D eigenvalue weighted by Gasteiger charge is -2.36. The van der Waals surface area contributed by atoms with Crippen molar-refractivity contribution in [3.63, 3.8) is 0 Å². The molecule has 0 aliphatic carbocycles. The fourth-order valence-electron chi connectivity index (χ4n) is 1.44. The first-order valence-electron chi connectivity index (χ1n) is 5.02. The lowest BCUT2D eigenvalue weighted by molar-refractivity contribution is -0.0819. The third-order valence-electron chi connectivity index (χ3n) is 2.31. The minimum Gasteiger partial charge on any atom is -0.397 e. The maximum Gasteiger partial charge on any atom is 0.164 e. The summed E-state index contributed by atoms with van der Waals surface area (Å²) >= 11 is 0. The van der Waals surface area contributed by atoms with Crippen LogP contribution < -0.4 is 10.6 Å². The highest BCUT2D eigenvalue weighted by Crippen LogP contribution is 2.31. The van der Waals surface area contributed by atoms with Crippen LogP contribution in [-0.2, 0) is 0 Å². The van der Waals surface area contributed by atoms with E-state index in [1.54, 1.807) is 5.06 Å². The van der Waals surface area contributed by atoms with Crippen molar-refractivity contribution in [3.8, 4) is 5.75 Å². The molecule has 0 spiro atoms. The van der Waals surface area contributed by atoms with E-state index in [0.29, 0.717) is 0 Å². The van der Waals surface area contributed by atoms with E-state index in [-0.39, 0.29) is 5.54 Å². The van der Waals surface area contributed by atoms with Gasteiger partial charge in [-0.1, -0.05) is 12.1 Å². The third-order valence-corrected chi connectivity index (χ3v) is 2.31. The number of hydrogen-bond donors (Lipinski definition) is 1. The Hall–Kier alpha value is -1.64. The number of benzene rings is 1. The van der Waals surface area contributed by atoms with Crippen LogP contribution in [-0.4, -0.2) is 10.6 Å². The Morgan fingerprint density at radius 2 is 1.87 bits per heavy atom. The highest BCUT2D eigenvalue weighted by Gasteiger charge is 2.25. The van der Waals surface area contributed by atoms with Gasteiger partial charge in [0, 0.05) is 5.56 Å². The predicted molar refractivity (Wildman–Crippen MR) is 60.8 cm³/mol. The largest absolute Gasteiger partial charge is 0.397 e. The number of para-hydroxylation sites is 1. The molecule has 3 heteroatoms. The van der Waals surface area contributed by atoms with Gasteiger partial charge in [-0.25, -0.2) is 5.06 Å². The number of fused-ring (bicyclic) bond motifs is 1. The standard InChI is InChI=1S/C12H16N2O/c1-12(2,3)14-8-10(13)9-6-4-5-7-11(9)15-14/h4-8H,13H2,1-3H3. The molecule has 2 rings (SSSR count). The Labute approximate surface area is 90.1 Å². The average molecular weight is 204 g/mol. The molecule has 1 aromatic carbocycles. The van der Waals surface area contributed by atoms with Gasteiger partial charge in [0.25, 0.3) is 0 Å². The van der Waals surface area contributed by atoms with Crippen molar-refractivity contribution < 1.29 is 4.84 Å². The summed E-state index contributed by atoms with van der Waals surface area (Å²) in [6, 6.07) is 7.78. The van der Waals surface area contributed by atoms with Crippen LogP contribution in [0, 0.1) is 0 Å². The van der Waals surface area contributed by atoms with E-state index in [2.05, 4.69) is 20.8 Å². The molecule has 3 nitrogen and oxygen atoms in total. The summed E-state index contributed by atoms with van der Waals surface area (Å²) in [5.41, 5.74) is 7.57. The fourth-order valence-corrected chi connectivity index (χ4v) is 1.44. The Balaban J connectivity index is 2.41. The lowest BCUT2D eigenvalue weighted by Crippen LogP contribution is -2.41. The van der Waals surface area contributed by atoms with Crippen LogP contribution in [0.25, 0.3) is 5.70 Å². The van der Waals surface area contributed by atoms with Gasteiger partial charge < -0.3 is 10.6 Å². The number of rotatable bonds is 0. The average Bonchev–Trinajstić information content (AvgIpc) is 2.16. The smallest absolute Gasteiger partial charge is 0.164 e. The fraction of sp³-hybridized carbons (Fsp3) is 0.333. The molecule has 1 aliphatic heterocycles. The highest BCUT2D eigenvalue weighted by atomic mass is 16.7. The molecule has 0 unspecified atom stereocenters. The van der Waals surface area contributed by atoms with E-state index in [1.807, 2.05) is 30.5 Å². The van der Waals surface area contributed by atoms with Crippen LogP contribution in [0.4, 0.5) is 0 Å². The normalized spacial score (nSPS) is 15.4. The highest BCUT2D eigenvalue weighted by molar-refractivity contribution is 5.68. The molecule has 0 radical (unpaired) electrons. The number of nitrogens with zero attached hydrogens (tertiary/aromatic N) is 1. The molecule has 0 fully saturated rings. The van der Waals surface area contributed by atoms with E-state index in [4.69, 9.17) is 10.6 Å². The molecule has 1 aliphatic rings. The monoisotopic (exact) mass is 204 g/mol. The molecule has 1 aromatic rings. The Morgan fingerprint density at radius 3 is 2.53 bits per heavy atom. The summed E-state index contributed by atoms with van der Waals surface area (Å²) in [5, 5.41) is 1.78. The van der Waals surface area contributed by atoms with E-state index >= 15 is 0 Å². The number of hydroxylamine groups is 2. The van der Waals surface area contributed by atoms with Gasteiger partial charge >= 0.3 is 0 Å². The molecule has 0 amide bonds. The minimum absolute atomic E-state index is 0.0991. The third kappa shape index (κ3) is 1.77. The molecule has 0 atom stereocenters. The molecule has 0 bridgehead atoms. The zero-order chi connectivity index (χ0) is 11.1. The van der Waals surface area contributed by atoms with Gasteiger partial charge in [-0.2, -0.15) is 0 Å². The SMILES string of the molecule is CC(C)(C)N1C=C(N)c2ccccc2O1. The van der Waals surface area contributed by atoms with Crippen molar-refractivity contribution >= 4 is 5.70 Å². The number of hydrogen-bond acceptors (Lipinski definition) is 3. The molecule has 2 N–H and O–H groups in total. The maximum absolute atomic E-state index is 5.97. The van der Waals surface area contributed by atoms with Gasteiger partial charge in [0.15, 0.2) is 5.75 Å². The first-order valence-corrected chi connectivity index (χ1v) is 5.02. The first kappa shape index (κ1) is 9.90. The second kappa shape index (κ2) is 3.19. The van der Waals surface area contributed by atoms with E-state index in [9.17, 15) is 0 Å². The molecule has 80 valence electrons. The maximum atomic E-state index is 5.97. The Bertz CT molecular complexity index is 404. The number of nitrogens with two attached hydrogens (primary N) is 1. The molecular weight excluding hydrogens is 188 g/mol.